The van der Waals surface area contributed by atoms with Gasteiger partial charge >= 0.3 is 0 Å². The number of amides is 2. The highest BCUT2D eigenvalue weighted by Crippen LogP contribution is 2.54. The summed E-state index contributed by atoms with van der Waals surface area (Å²) in [6.45, 7) is 14.2. The topological polar surface area (TPSA) is 85.8 Å². The smallest absolute Gasteiger partial charge is 0.269 e. The molecule has 2 amide bonds. The average molecular weight is 506 g/mol. The van der Waals surface area contributed by atoms with E-state index in [0.29, 0.717) is 17.5 Å². The molecule has 0 bridgehead atoms. The molecule has 4 rings (SSSR count). The quantitative estimate of drug-likeness (QED) is 0.396. The minimum atomic E-state index is -2.14. The fraction of sp³-hybridized carbons (Fsp3) is 0.448. The minimum absolute atomic E-state index is 0.0271. The van der Waals surface area contributed by atoms with Gasteiger partial charge in [0.05, 0.1) is 6.61 Å². The third-order valence-electron chi connectivity index (χ3n) is 8.10. The van der Waals surface area contributed by atoms with Crippen LogP contribution in [0.2, 0.25) is 18.1 Å². The van der Waals surface area contributed by atoms with Gasteiger partial charge in [-0.2, -0.15) is 0 Å². The number of aromatic nitrogens is 1. The molecule has 3 aromatic rings. The molecule has 1 unspecified atom stereocenters. The summed E-state index contributed by atoms with van der Waals surface area (Å²) in [5, 5.41) is 2.89. The predicted octanol–water partition coefficient (Wildman–Crippen LogP) is 5.51. The maximum Gasteiger partial charge on any atom is 0.269 e. The molecule has 1 aliphatic rings. The SMILES string of the molecule is Cc1cc2ccc([C@@H]3C[C@H]3c3ccccc3)cn2c1C(=O)NC(C)(CO[Si](C)(C)C(C)(C)C)C(N)=O. The number of fused-ring (bicyclic) bond motifs is 1. The van der Waals surface area contributed by atoms with Crippen LogP contribution in [-0.4, -0.2) is 36.7 Å². The number of carbonyl (C=O) groups excluding carboxylic acids is 2. The van der Waals surface area contributed by atoms with Crippen molar-refractivity contribution in [1.29, 1.82) is 0 Å². The van der Waals surface area contributed by atoms with E-state index in [9.17, 15) is 9.59 Å². The van der Waals surface area contributed by atoms with Gasteiger partial charge in [0.2, 0.25) is 5.91 Å². The lowest BCUT2D eigenvalue weighted by molar-refractivity contribution is -0.124. The molecule has 1 aromatic carbocycles. The van der Waals surface area contributed by atoms with Crippen molar-refractivity contribution in [2.24, 2.45) is 5.73 Å². The number of hydrogen-bond acceptors (Lipinski definition) is 3. The molecule has 2 aromatic heterocycles. The highest BCUT2D eigenvalue weighted by Gasteiger charge is 2.42. The lowest BCUT2D eigenvalue weighted by Gasteiger charge is -2.39. The molecular weight excluding hydrogens is 466 g/mol. The Morgan fingerprint density at radius 1 is 1.06 bits per heavy atom. The summed E-state index contributed by atoms with van der Waals surface area (Å²) >= 11 is 0. The van der Waals surface area contributed by atoms with Gasteiger partial charge in [-0.3, -0.25) is 9.59 Å². The van der Waals surface area contributed by atoms with Gasteiger partial charge in [-0.15, -0.1) is 0 Å². The number of aryl methyl sites for hydroxylation is 1. The van der Waals surface area contributed by atoms with Crippen LogP contribution < -0.4 is 11.1 Å². The van der Waals surface area contributed by atoms with Gasteiger partial charge in [0.25, 0.3) is 5.91 Å². The number of rotatable bonds is 8. The number of hydrogen-bond donors (Lipinski definition) is 2. The summed E-state index contributed by atoms with van der Waals surface area (Å²) in [5.74, 6) is -0.00912. The molecule has 2 heterocycles. The summed E-state index contributed by atoms with van der Waals surface area (Å²) < 4.78 is 8.23. The van der Waals surface area contributed by atoms with Crippen molar-refractivity contribution in [2.75, 3.05) is 6.61 Å². The number of nitrogens with one attached hydrogen (secondary N) is 1. The first-order valence-corrected chi connectivity index (χ1v) is 15.6. The molecule has 0 aliphatic heterocycles. The lowest BCUT2D eigenvalue weighted by atomic mass is 10.0. The molecule has 0 spiro atoms. The van der Waals surface area contributed by atoms with Crippen LogP contribution in [0, 0.1) is 6.92 Å². The van der Waals surface area contributed by atoms with Crippen LogP contribution >= 0.6 is 0 Å². The van der Waals surface area contributed by atoms with Gasteiger partial charge in [-0.05, 0) is 79.1 Å². The zero-order chi connectivity index (χ0) is 26.5. The first kappa shape index (κ1) is 26.2. The van der Waals surface area contributed by atoms with Gasteiger partial charge in [0.15, 0.2) is 8.32 Å². The molecule has 0 radical (unpaired) electrons. The van der Waals surface area contributed by atoms with Crippen molar-refractivity contribution in [2.45, 2.75) is 76.5 Å². The first-order valence-electron chi connectivity index (χ1n) is 12.7. The molecule has 1 fully saturated rings. The Bertz CT molecular complexity index is 1290. The second kappa shape index (κ2) is 9.20. The molecule has 7 heteroatoms. The molecule has 3 N–H and O–H groups in total. The first-order chi connectivity index (χ1) is 16.7. The lowest BCUT2D eigenvalue weighted by Crippen LogP contribution is -2.60. The van der Waals surface area contributed by atoms with Crippen LogP contribution in [-0.2, 0) is 9.22 Å². The van der Waals surface area contributed by atoms with Gasteiger partial charge in [0, 0.05) is 11.7 Å². The molecule has 3 atom stereocenters. The molecular formula is C29H39N3O3Si. The Morgan fingerprint density at radius 3 is 2.31 bits per heavy atom. The fourth-order valence-corrected chi connectivity index (χ4v) is 5.56. The van der Waals surface area contributed by atoms with E-state index in [2.05, 4.69) is 81.8 Å². The molecule has 0 saturated heterocycles. The van der Waals surface area contributed by atoms with E-state index in [4.69, 9.17) is 10.2 Å². The Hall–Kier alpha value is -2.90. The third kappa shape index (κ3) is 4.99. The van der Waals surface area contributed by atoms with Crippen molar-refractivity contribution >= 4 is 25.6 Å². The van der Waals surface area contributed by atoms with Crippen molar-refractivity contribution in [1.82, 2.24) is 9.72 Å². The van der Waals surface area contributed by atoms with Gasteiger partial charge < -0.3 is 19.9 Å². The van der Waals surface area contributed by atoms with E-state index in [1.807, 2.05) is 23.5 Å². The standard InChI is InChI=1S/C29H39N3O3Si/c1-19-15-22-14-13-21(24-16-23(24)20-11-9-8-10-12-20)17-32(22)25(19)26(33)31-29(5,27(30)34)18-35-36(6,7)28(2,3)4/h8-15,17,23-24H,16,18H2,1-7H3,(H2,30,34)(H,31,33)/t23-,24-,29?/m0/s1. The maximum atomic E-state index is 13.6. The van der Waals surface area contributed by atoms with Crippen molar-refractivity contribution in [3.63, 3.8) is 0 Å². The van der Waals surface area contributed by atoms with Crippen LogP contribution in [0.5, 0.6) is 0 Å². The highest BCUT2D eigenvalue weighted by atomic mass is 28.4. The molecule has 192 valence electrons. The average Bonchev–Trinajstić information content (AvgIpc) is 3.53. The summed E-state index contributed by atoms with van der Waals surface area (Å²) in [6.07, 6.45) is 3.17. The number of carbonyl (C=O) groups is 2. The number of nitrogens with two attached hydrogens (primary N) is 1. The van der Waals surface area contributed by atoms with E-state index in [1.54, 1.807) is 6.92 Å². The van der Waals surface area contributed by atoms with E-state index < -0.39 is 19.8 Å². The molecule has 36 heavy (non-hydrogen) atoms. The van der Waals surface area contributed by atoms with Crippen molar-refractivity contribution in [3.05, 3.63) is 77.1 Å². The van der Waals surface area contributed by atoms with E-state index in [-0.39, 0.29) is 17.6 Å². The van der Waals surface area contributed by atoms with Gasteiger partial charge in [0.1, 0.15) is 11.2 Å². The normalized spacial score (nSPS) is 19.6. The van der Waals surface area contributed by atoms with Crippen molar-refractivity contribution < 1.29 is 14.0 Å². The summed E-state index contributed by atoms with van der Waals surface area (Å²) in [7, 11) is -2.14. The van der Waals surface area contributed by atoms with E-state index in [0.717, 1.165) is 17.5 Å². The molecule has 1 saturated carbocycles. The van der Waals surface area contributed by atoms with Gasteiger partial charge in [-0.25, -0.2) is 0 Å². The minimum Gasteiger partial charge on any atom is -0.414 e. The van der Waals surface area contributed by atoms with Crippen LogP contribution in [0.3, 0.4) is 0 Å². The second-order valence-corrected chi connectivity index (χ2v) is 16.8. The third-order valence-corrected chi connectivity index (χ3v) is 12.6. The zero-order valence-electron chi connectivity index (χ0n) is 22.5. The maximum absolute atomic E-state index is 13.6. The Balaban J connectivity index is 1.58. The van der Waals surface area contributed by atoms with Crippen molar-refractivity contribution in [3.8, 4) is 0 Å². The van der Waals surface area contributed by atoms with Crippen LogP contribution in [0.15, 0.2) is 54.7 Å². The summed E-state index contributed by atoms with van der Waals surface area (Å²) in [4.78, 5) is 26.1. The Kier molecular flexibility index (Phi) is 6.68. The Labute approximate surface area is 215 Å². The van der Waals surface area contributed by atoms with E-state index >= 15 is 0 Å². The predicted molar refractivity (Wildman–Crippen MR) is 147 cm³/mol. The largest absolute Gasteiger partial charge is 0.414 e. The summed E-state index contributed by atoms with van der Waals surface area (Å²) in [5.41, 5.74) is 9.32. The van der Waals surface area contributed by atoms with Gasteiger partial charge in [-0.1, -0.05) is 57.2 Å². The number of primary amides is 1. The van der Waals surface area contributed by atoms with Crippen LogP contribution in [0.4, 0.5) is 0 Å². The molecule has 1 aliphatic carbocycles. The van der Waals surface area contributed by atoms with Crippen LogP contribution in [0.25, 0.3) is 5.52 Å². The number of pyridine rings is 1. The van der Waals surface area contributed by atoms with E-state index in [1.165, 1.54) is 11.1 Å². The number of nitrogens with zero attached hydrogens (tertiary/aromatic N) is 1. The fourth-order valence-electron chi connectivity index (χ4n) is 4.48. The Morgan fingerprint density at radius 2 is 1.69 bits per heavy atom. The zero-order valence-corrected chi connectivity index (χ0v) is 23.5. The molecule has 6 nitrogen and oxygen atoms in total. The number of benzene rings is 1. The highest BCUT2D eigenvalue weighted by molar-refractivity contribution is 6.74. The summed E-state index contributed by atoms with van der Waals surface area (Å²) in [6, 6.07) is 16.8. The van der Waals surface area contributed by atoms with Crippen LogP contribution in [0.1, 0.15) is 73.1 Å². The monoisotopic (exact) mass is 505 g/mol. The second-order valence-electron chi connectivity index (χ2n) is 12.0.